The molecule has 88 valence electrons. The molecular weight excluding hydrogens is 200 g/mol. The van der Waals surface area contributed by atoms with Gasteiger partial charge in [-0.05, 0) is 31.8 Å². The van der Waals surface area contributed by atoms with E-state index in [0.717, 1.165) is 37.9 Å². The van der Waals surface area contributed by atoms with Crippen molar-refractivity contribution < 1.29 is 0 Å². The molecule has 1 aliphatic rings. The van der Waals surface area contributed by atoms with Gasteiger partial charge in [0.25, 0.3) is 0 Å². The lowest BCUT2D eigenvalue weighted by molar-refractivity contribution is 0.394. The fourth-order valence-corrected chi connectivity index (χ4v) is 2.24. The van der Waals surface area contributed by atoms with Gasteiger partial charge in [0.2, 0.25) is 0 Å². The summed E-state index contributed by atoms with van der Waals surface area (Å²) in [5.41, 5.74) is 0. The van der Waals surface area contributed by atoms with Gasteiger partial charge in [0.15, 0.2) is 0 Å². The van der Waals surface area contributed by atoms with Crippen molar-refractivity contribution >= 4 is 5.82 Å². The highest BCUT2D eigenvalue weighted by molar-refractivity contribution is 5.35. The quantitative estimate of drug-likeness (QED) is 0.830. The van der Waals surface area contributed by atoms with Crippen LogP contribution in [0.2, 0.25) is 0 Å². The number of anilines is 1. The number of hydrogen-bond donors (Lipinski definition) is 1. The summed E-state index contributed by atoms with van der Waals surface area (Å²) in [6.07, 6.45) is 7.93. The standard InChI is InChI=1S/C12H20N4/c1-2-13-8-11-4-3-7-16(10-11)12-9-14-5-6-15-12/h5-6,9,11,13H,2-4,7-8,10H2,1H3. The topological polar surface area (TPSA) is 41.0 Å². The van der Waals surface area contributed by atoms with Crippen LogP contribution in [0.15, 0.2) is 18.6 Å². The van der Waals surface area contributed by atoms with Crippen LogP contribution in [0.25, 0.3) is 0 Å². The molecule has 1 aromatic rings. The number of hydrogen-bond acceptors (Lipinski definition) is 4. The Balaban J connectivity index is 1.91. The van der Waals surface area contributed by atoms with Crippen molar-refractivity contribution in [3.05, 3.63) is 18.6 Å². The lowest BCUT2D eigenvalue weighted by Crippen LogP contribution is -2.40. The molecule has 2 heterocycles. The van der Waals surface area contributed by atoms with Gasteiger partial charge in [-0.1, -0.05) is 6.92 Å². The van der Waals surface area contributed by atoms with Crippen molar-refractivity contribution in [1.29, 1.82) is 0 Å². The molecular formula is C12H20N4. The Kier molecular flexibility index (Phi) is 4.10. The van der Waals surface area contributed by atoms with Crippen molar-refractivity contribution in [2.75, 3.05) is 31.1 Å². The van der Waals surface area contributed by atoms with Gasteiger partial charge in [0.1, 0.15) is 5.82 Å². The molecule has 0 saturated carbocycles. The van der Waals surface area contributed by atoms with Gasteiger partial charge < -0.3 is 10.2 Å². The lowest BCUT2D eigenvalue weighted by atomic mass is 9.98. The smallest absolute Gasteiger partial charge is 0.147 e. The molecule has 1 saturated heterocycles. The second kappa shape index (κ2) is 5.80. The van der Waals surface area contributed by atoms with Crippen LogP contribution in [0.4, 0.5) is 5.82 Å². The van der Waals surface area contributed by atoms with Gasteiger partial charge >= 0.3 is 0 Å². The minimum Gasteiger partial charge on any atom is -0.355 e. The summed E-state index contributed by atoms with van der Waals surface area (Å²) in [7, 11) is 0. The van der Waals surface area contributed by atoms with Crippen molar-refractivity contribution in [1.82, 2.24) is 15.3 Å². The molecule has 1 N–H and O–H groups in total. The molecule has 1 aliphatic heterocycles. The first-order valence-electron chi connectivity index (χ1n) is 6.12. The molecule has 2 rings (SSSR count). The summed E-state index contributed by atoms with van der Waals surface area (Å²) >= 11 is 0. The van der Waals surface area contributed by atoms with Gasteiger partial charge in [0.05, 0.1) is 6.20 Å². The second-order valence-electron chi connectivity index (χ2n) is 4.33. The molecule has 4 heteroatoms. The second-order valence-corrected chi connectivity index (χ2v) is 4.33. The van der Waals surface area contributed by atoms with E-state index in [-0.39, 0.29) is 0 Å². The van der Waals surface area contributed by atoms with Crippen LogP contribution in [0.3, 0.4) is 0 Å². The number of rotatable bonds is 4. The third-order valence-electron chi connectivity index (χ3n) is 3.08. The number of aromatic nitrogens is 2. The van der Waals surface area contributed by atoms with Crippen LogP contribution < -0.4 is 10.2 Å². The molecule has 1 atom stereocenters. The molecule has 0 bridgehead atoms. The zero-order valence-corrected chi connectivity index (χ0v) is 9.89. The van der Waals surface area contributed by atoms with Crippen LogP contribution in [0.1, 0.15) is 19.8 Å². The lowest BCUT2D eigenvalue weighted by Gasteiger charge is -2.33. The first-order valence-corrected chi connectivity index (χ1v) is 6.12. The van der Waals surface area contributed by atoms with Gasteiger partial charge in [-0.25, -0.2) is 4.98 Å². The van der Waals surface area contributed by atoms with Crippen LogP contribution in [0.5, 0.6) is 0 Å². The van der Waals surface area contributed by atoms with Crippen molar-refractivity contribution in [3.8, 4) is 0 Å². The average Bonchev–Trinajstić information content (AvgIpc) is 2.38. The first-order chi connectivity index (χ1) is 7.90. The Hall–Kier alpha value is -1.16. The summed E-state index contributed by atoms with van der Waals surface area (Å²) < 4.78 is 0. The van der Waals surface area contributed by atoms with E-state index in [1.807, 2.05) is 6.20 Å². The molecule has 1 aromatic heterocycles. The third kappa shape index (κ3) is 2.92. The summed E-state index contributed by atoms with van der Waals surface area (Å²) in [5, 5.41) is 3.43. The van der Waals surface area contributed by atoms with E-state index in [4.69, 9.17) is 0 Å². The highest BCUT2D eigenvalue weighted by atomic mass is 15.2. The van der Waals surface area contributed by atoms with Crippen LogP contribution in [-0.4, -0.2) is 36.1 Å². The molecule has 4 nitrogen and oxygen atoms in total. The summed E-state index contributed by atoms with van der Waals surface area (Å²) in [6.45, 7) is 6.55. The van der Waals surface area contributed by atoms with E-state index in [1.165, 1.54) is 12.8 Å². The Morgan fingerprint density at radius 1 is 1.50 bits per heavy atom. The Morgan fingerprint density at radius 2 is 2.44 bits per heavy atom. The average molecular weight is 220 g/mol. The molecule has 16 heavy (non-hydrogen) atoms. The SMILES string of the molecule is CCNCC1CCCN(c2cnccn2)C1. The molecule has 0 spiro atoms. The maximum atomic E-state index is 4.36. The molecule has 0 aliphatic carbocycles. The van der Waals surface area contributed by atoms with Gasteiger partial charge in [0, 0.05) is 25.5 Å². The van der Waals surface area contributed by atoms with Crippen LogP contribution >= 0.6 is 0 Å². The maximum Gasteiger partial charge on any atom is 0.147 e. The maximum absolute atomic E-state index is 4.36. The number of nitrogens with one attached hydrogen (secondary N) is 1. The van der Waals surface area contributed by atoms with Gasteiger partial charge in [-0.2, -0.15) is 0 Å². The normalized spacial score (nSPS) is 21.1. The minimum absolute atomic E-state index is 0.746. The van der Waals surface area contributed by atoms with Gasteiger partial charge in [-0.3, -0.25) is 4.98 Å². The van der Waals surface area contributed by atoms with Crippen molar-refractivity contribution in [3.63, 3.8) is 0 Å². The van der Waals surface area contributed by atoms with E-state index >= 15 is 0 Å². The molecule has 0 aromatic carbocycles. The number of piperidine rings is 1. The Labute approximate surface area is 97.1 Å². The number of nitrogens with zero attached hydrogens (tertiary/aromatic N) is 3. The van der Waals surface area contributed by atoms with Crippen molar-refractivity contribution in [2.45, 2.75) is 19.8 Å². The summed E-state index contributed by atoms with van der Waals surface area (Å²) in [6, 6.07) is 0. The van der Waals surface area contributed by atoms with Crippen LogP contribution in [0, 0.1) is 5.92 Å². The highest BCUT2D eigenvalue weighted by Gasteiger charge is 2.20. The summed E-state index contributed by atoms with van der Waals surface area (Å²) in [4.78, 5) is 10.8. The highest BCUT2D eigenvalue weighted by Crippen LogP contribution is 2.20. The Bertz CT molecular complexity index is 301. The van der Waals surface area contributed by atoms with Crippen molar-refractivity contribution in [2.24, 2.45) is 5.92 Å². The van der Waals surface area contributed by atoms with E-state index in [1.54, 1.807) is 12.4 Å². The summed E-state index contributed by atoms with van der Waals surface area (Å²) in [5.74, 6) is 1.76. The van der Waals surface area contributed by atoms with E-state index < -0.39 is 0 Å². The molecule has 0 amide bonds. The third-order valence-corrected chi connectivity index (χ3v) is 3.08. The largest absolute Gasteiger partial charge is 0.355 e. The molecule has 1 unspecified atom stereocenters. The van der Waals surface area contributed by atoms with E-state index in [2.05, 4.69) is 27.1 Å². The monoisotopic (exact) mass is 220 g/mol. The predicted molar refractivity (Wildman–Crippen MR) is 65.5 cm³/mol. The zero-order chi connectivity index (χ0) is 11.2. The molecule has 1 fully saturated rings. The Morgan fingerprint density at radius 3 is 3.19 bits per heavy atom. The fourth-order valence-electron chi connectivity index (χ4n) is 2.24. The van der Waals surface area contributed by atoms with Crippen LogP contribution in [-0.2, 0) is 0 Å². The zero-order valence-electron chi connectivity index (χ0n) is 9.89. The molecule has 0 radical (unpaired) electrons. The minimum atomic E-state index is 0.746. The first kappa shape index (κ1) is 11.3. The fraction of sp³-hybridized carbons (Fsp3) is 0.667. The van der Waals surface area contributed by atoms with E-state index in [0.29, 0.717) is 0 Å². The van der Waals surface area contributed by atoms with E-state index in [9.17, 15) is 0 Å². The predicted octanol–water partition coefficient (Wildman–Crippen LogP) is 1.30. The van der Waals surface area contributed by atoms with Gasteiger partial charge in [-0.15, -0.1) is 0 Å².